The molecule has 1 saturated heterocycles. The summed E-state index contributed by atoms with van der Waals surface area (Å²) >= 11 is 0. The van der Waals surface area contributed by atoms with Crippen molar-refractivity contribution >= 4 is 16.9 Å². The second-order valence-electron chi connectivity index (χ2n) is 6.48. The maximum absolute atomic E-state index is 13.3. The Bertz CT molecular complexity index is 1040. The van der Waals surface area contributed by atoms with Crippen LogP contribution < -0.4 is 0 Å². The van der Waals surface area contributed by atoms with Gasteiger partial charge in [0.1, 0.15) is 17.4 Å². The van der Waals surface area contributed by atoms with Crippen LogP contribution in [0.25, 0.3) is 16.7 Å². The van der Waals surface area contributed by atoms with Gasteiger partial charge in [0.15, 0.2) is 0 Å². The zero-order valence-electron chi connectivity index (χ0n) is 14.3. The Labute approximate surface area is 153 Å². The molecule has 1 aliphatic rings. The van der Waals surface area contributed by atoms with Gasteiger partial charge in [-0.3, -0.25) is 9.36 Å². The van der Waals surface area contributed by atoms with E-state index in [1.807, 2.05) is 12.1 Å². The average Bonchev–Trinajstić information content (AvgIpc) is 3.10. The minimum atomic E-state index is -2.69. The first kappa shape index (κ1) is 17.1. The second-order valence-corrected chi connectivity index (χ2v) is 6.48. The number of piperidine rings is 1. The number of pyridine rings is 2. The van der Waals surface area contributed by atoms with Gasteiger partial charge < -0.3 is 4.90 Å². The van der Waals surface area contributed by atoms with Crippen LogP contribution in [-0.2, 0) is 0 Å². The first-order chi connectivity index (χ1) is 13.0. The fourth-order valence-electron chi connectivity index (χ4n) is 3.16. The van der Waals surface area contributed by atoms with Crippen molar-refractivity contribution < 1.29 is 13.6 Å². The highest BCUT2D eigenvalue weighted by molar-refractivity contribution is 5.97. The Morgan fingerprint density at radius 3 is 2.59 bits per heavy atom. The molecule has 3 aromatic rings. The molecule has 3 aromatic heterocycles. The number of amides is 1. The maximum Gasteiger partial charge on any atom is 0.255 e. The van der Waals surface area contributed by atoms with Crippen molar-refractivity contribution in [3.63, 3.8) is 0 Å². The van der Waals surface area contributed by atoms with E-state index >= 15 is 0 Å². The minimum Gasteiger partial charge on any atom is -0.338 e. The highest BCUT2D eigenvalue weighted by Gasteiger charge is 2.35. The summed E-state index contributed by atoms with van der Waals surface area (Å²) in [6.45, 7) is 0.0869. The van der Waals surface area contributed by atoms with Gasteiger partial charge in [-0.1, -0.05) is 0 Å². The molecule has 1 amide bonds. The number of aromatic nitrogens is 3. The lowest BCUT2D eigenvalue weighted by molar-refractivity contribution is -0.0494. The molecule has 0 unspecified atom stereocenters. The third-order valence-corrected chi connectivity index (χ3v) is 4.70. The van der Waals surface area contributed by atoms with Crippen molar-refractivity contribution in [2.45, 2.75) is 18.8 Å². The monoisotopic (exact) mass is 367 g/mol. The molecule has 6 nitrogen and oxygen atoms in total. The summed E-state index contributed by atoms with van der Waals surface area (Å²) in [7, 11) is 0. The third kappa shape index (κ3) is 3.24. The normalized spacial score (nSPS) is 16.3. The van der Waals surface area contributed by atoms with Crippen molar-refractivity contribution in [3.8, 4) is 11.8 Å². The Morgan fingerprint density at radius 1 is 1.15 bits per heavy atom. The van der Waals surface area contributed by atoms with Gasteiger partial charge in [-0.25, -0.2) is 18.7 Å². The van der Waals surface area contributed by atoms with E-state index in [0.717, 1.165) is 11.1 Å². The molecule has 0 radical (unpaired) electrons. The van der Waals surface area contributed by atoms with Gasteiger partial charge in [-0.2, -0.15) is 5.26 Å². The number of alkyl halides is 2. The standard InChI is InChI=1S/C19H15F2N5O/c20-19(21)4-7-25(8-5-19)18(27)14-9-13-3-6-26(17(13)24-11-14)16-2-1-15(10-22)23-12-16/h1-3,6,9,11-12H,4-5,7-8H2. The van der Waals surface area contributed by atoms with Crippen LogP contribution in [-0.4, -0.2) is 44.4 Å². The fraction of sp³-hybridized carbons (Fsp3) is 0.263. The molecule has 8 heteroatoms. The van der Waals surface area contributed by atoms with E-state index in [1.54, 1.807) is 35.2 Å². The number of hydrogen-bond donors (Lipinski definition) is 0. The first-order valence-corrected chi connectivity index (χ1v) is 8.48. The number of fused-ring (bicyclic) bond motifs is 1. The van der Waals surface area contributed by atoms with Crippen LogP contribution in [0.15, 0.2) is 42.9 Å². The maximum atomic E-state index is 13.3. The molecule has 4 rings (SSSR count). The molecule has 0 saturated carbocycles. The van der Waals surface area contributed by atoms with Gasteiger partial charge in [0.05, 0.1) is 17.4 Å². The van der Waals surface area contributed by atoms with Crippen LogP contribution in [0.5, 0.6) is 0 Å². The molecule has 0 aliphatic carbocycles. The summed E-state index contributed by atoms with van der Waals surface area (Å²) in [4.78, 5) is 22.5. The van der Waals surface area contributed by atoms with Crippen LogP contribution >= 0.6 is 0 Å². The zero-order chi connectivity index (χ0) is 19.0. The lowest BCUT2D eigenvalue weighted by atomic mass is 10.1. The highest BCUT2D eigenvalue weighted by atomic mass is 19.3. The molecule has 27 heavy (non-hydrogen) atoms. The van der Waals surface area contributed by atoms with E-state index in [2.05, 4.69) is 9.97 Å². The van der Waals surface area contributed by atoms with Gasteiger partial charge in [-0.05, 0) is 24.3 Å². The number of carbonyl (C=O) groups is 1. The van der Waals surface area contributed by atoms with E-state index in [9.17, 15) is 13.6 Å². The van der Waals surface area contributed by atoms with E-state index in [0.29, 0.717) is 16.9 Å². The lowest BCUT2D eigenvalue weighted by Gasteiger charge is -2.31. The van der Waals surface area contributed by atoms with Crippen LogP contribution in [0.4, 0.5) is 8.78 Å². The van der Waals surface area contributed by atoms with E-state index in [-0.39, 0.29) is 31.8 Å². The molecule has 4 heterocycles. The predicted octanol–water partition coefficient (Wildman–Crippen LogP) is 3.16. The van der Waals surface area contributed by atoms with Gasteiger partial charge in [-0.15, -0.1) is 0 Å². The number of likely N-dealkylation sites (tertiary alicyclic amines) is 1. The predicted molar refractivity (Wildman–Crippen MR) is 93.7 cm³/mol. The first-order valence-electron chi connectivity index (χ1n) is 8.48. The van der Waals surface area contributed by atoms with Crippen molar-refractivity contribution in [2.75, 3.05) is 13.1 Å². The average molecular weight is 367 g/mol. The molecular weight excluding hydrogens is 352 g/mol. The van der Waals surface area contributed by atoms with E-state index in [4.69, 9.17) is 5.26 Å². The Morgan fingerprint density at radius 2 is 1.93 bits per heavy atom. The van der Waals surface area contributed by atoms with Crippen molar-refractivity contribution in [1.29, 1.82) is 5.26 Å². The van der Waals surface area contributed by atoms with Crippen LogP contribution in [0, 0.1) is 11.3 Å². The number of nitriles is 1. The largest absolute Gasteiger partial charge is 0.338 e. The molecule has 0 bridgehead atoms. The van der Waals surface area contributed by atoms with Crippen LogP contribution in [0.2, 0.25) is 0 Å². The van der Waals surface area contributed by atoms with E-state index < -0.39 is 5.92 Å². The number of halogens is 2. The molecule has 0 N–H and O–H groups in total. The fourth-order valence-corrected chi connectivity index (χ4v) is 3.16. The van der Waals surface area contributed by atoms with Crippen molar-refractivity contribution in [3.05, 3.63) is 54.1 Å². The third-order valence-electron chi connectivity index (χ3n) is 4.70. The number of hydrogen-bond acceptors (Lipinski definition) is 4. The quantitative estimate of drug-likeness (QED) is 0.697. The number of rotatable bonds is 2. The second kappa shape index (κ2) is 6.43. The number of carbonyl (C=O) groups excluding carboxylic acids is 1. The van der Waals surface area contributed by atoms with Crippen LogP contribution in [0.3, 0.4) is 0 Å². The molecule has 0 aromatic carbocycles. The van der Waals surface area contributed by atoms with Gasteiger partial charge >= 0.3 is 0 Å². The minimum absolute atomic E-state index is 0.0434. The summed E-state index contributed by atoms with van der Waals surface area (Å²) in [5.41, 5.74) is 2.09. The Kier molecular flexibility index (Phi) is 4.07. The molecule has 1 aliphatic heterocycles. The zero-order valence-corrected chi connectivity index (χ0v) is 14.3. The lowest BCUT2D eigenvalue weighted by Crippen LogP contribution is -2.42. The van der Waals surface area contributed by atoms with Crippen LogP contribution in [0.1, 0.15) is 28.9 Å². The number of nitrogens with zero attached hydrogens (tertiary/aromatic N) is 5. The molecule has 1 fully saturated rings. The Balaban J connectivity index is 1.60. The van der Waals surface area contributed by atoms with Gasteiger partial charge in [0.25, 0.3) is 11.8 Å². The molecule has 0 atom stereocenters. The summed E-state index contributed by atoms with van der Waals surface area (Å²) in [6.07, 6.45) is 4.22. The summed E-state index contributed by atoms with van der Waals surface area (Å²) in [5.74, 6) is -2.97. The molecule has 0 spiro atoms. The summed E-state index contributed by atoms with van der Waals surface area (Å²) in [5, 5.41) is 9.60. The summed E-state index contributed by atoms with van der Waals surface area (Å²) in [6, 6.07) is 8.88. The molecule has 136 valence electrons. The van der Waals surface area contributed by atoms with Gasteiger partial charge in [0, 0.05) is 43.7 Å². The SMILES string of the molecule is N#Cc1ccc(-n2ccc3cc(C(=O)N4CCC(F)(F)CC4)cnc32)cn1. The van der Waals surface area contributed by atoms with E-state index in [1.165, 1.54) is 11.1 Å². The highest BCUT2D eigenvalue weighted by Crippen LogP contribution is 2.28. The summed E-state index contributed by atoms with van der Waals surface area (Å²) < 4.78 is 28.4. The smallest absolute Gasteiger partial charge is 0.255 e. The topological polar surface area (TPSA) is 74.8 Å². The Hall–Kier alpha value is -3.34. The molecular formula is C19H15F2N5O. The van der Waals surface area contributed by atoms with Crippen molar-refractivity contribution in [2.24, 2.45) is 0 Å². The van der Waals surface area contributed by atoms with Crippen molar-refractivity contribution in [1.82, 2.24) is 19.4 Å². The van der Waals surface area contributed by atoms with Gasteiger partial charge in [0.2, 0.25) is 0 Å².